The third kappa shape index (κ3) is 4.22. The number of amides is 1. The van der Waals surface area contributed by atoms with Gasteiger partial charge in [0.05, 0.1) is 18.4 Å². The molecule has 158 valence electrons. The van der Waals surface area contributed by atoms with Crippen molar-refractivity contribution in [3.05, 3.63) is 66.6 Å². The molecule has 1 aliphatic heterocycles. The van der Waals surface area contributed by atoms with Crippen LogP contribution in [0.25, 0.3) is 16.2 Å². The van der Waals surface area contributed by atoms with Crippen molar-refractivity contribution in [3.8, 4) is 11.3 Å². The van der Waals surface area contributed by atoms with Crippen molar-refractivity contribution in [2.45, 2.75) is 0 Å². The highest BCUT2D eigenvalue weighted by molar-refractivity contribution is 7.20. The Balaban J connectivity index is 1.16. The second-order valence-electron chi connectivity index (χ2n) is 7.32. The van der Waals surface area contributed by atoms with Crippen molar-refractivity contribution >= 4 is 33.0 Å². The number of hydrogen-bond acceptors (Lipinski definition) is 6. The zero-order valence-electron chi connectivity index (χ0n) is 16.7. The van der Waals surface area contributed by atoms with Crippen molar-refractivity contribution in [2.24, 2.45) is 0 Å². The summed E-state index contributed by atoms with van der Waals surface area (Å²) in [5, 5.41) is 8.22. The molecule has 1 N–H and O–H groups in total. The van der Waals surface area contributed by atoms with Gasteiger partial charge in [0.2, 0.25) is 16.0 Å². The van der Waals surface area contributed by atoms with Gasteiger partial charge in [-0.1, -0.05) is 29.5 Å². The number of nitrogens with zero attached hydrogens (tertiary/aromatic N) is 5. The van der Waals surface area contributed by atoms with E-state index in [4.69, 9.17) is 0 Å². The van der Waals surface area contributed by atoms with Gasteiger partial charge < -0.3 is 15.1 Å². The molecule has 1 aliphatic rings. The zero-order chi connectivity index (χ0) is 21.2. The summed E-state index contributed by atoms with van der Waals surface area (Å²) in [6.45, 7) is 3.27. The largest absolute Gasteiger partial charge is 0.368 e. The Labute approximate surface area is 182 Å². The molecule has 3 heterocycles. The first-order chi connectivity index (χ1) is 15.2. The first kappa shape index (κ1) is 19.5. The van der Waals surface area contributed by atoms with E-state index in [9.17, 15) is 9.18 Å². The molecule has 0 radical (unpaired) electrons. The van der Waals surface area contributed by atoms with Crippen LogP contribution in [0.4, 0.5) is 15.2 Å². The fraction of sp³-hybridized carbons (Fsp3) is 0.227. The predicted octanol–water partition coefficient (Wildman–Crippen LogP) is 3.36. The number of carbonyl (C=O) groups excluding carboxylic acids is 1. The van der Waals surface area contributed by atoms with Gasteiger partial charge >= 0.3 is 0 Å². The molecule has 9 heteroatoms. The zero-order valence-corrected chi connectivity index (χ0v) is 17.6. The maximum Gasteiger partial charge on any atom is 0.242 e. The Morgan fingerprint density at radius 3 is 2.48 bits per heavy atom. The van der Waals surface area contributed by atoms with Crippen LogP contribution in [0.15, 0.2) is 60.8 Å². The minimum Gasteiger partial charge on any atom is -0.368 e. The lowest BCUT2D eigenvalue weighted by Gasteiger charge is -2.36. The SMILES string of the molecule is O=C(CNc1nn2cc(-c3ccc(F)cc3)nc2s1)N1CCN(c2ccccc2)CC1. The minimum atomic E-state index is -0.277. The summed E-state index contributed by atoms with van der Waals surface area (Å²) in [5.74, 6) is -0.215. The quantitative estimate of drug-likeness (QED) is 0.520. The van der Waals surface area contributed by atoms with Crippen LogP contribution in [0.5, 0.6) is 0 Å². The number of piperazine rings is 1. The van der Waals surface area contributed by atoms with Crippen molar-refractivity contribution in [3.63, 3.8) is 0 Å². The summed E-state index contributed by atoms with van der Waals surface area (Å²) in [4.78, 5) is 22.0. The van der Waals surface area contributed by atoms with Gasteiger partial charge in [-0.15, -0.1) is 5.10 Å². The smallest absolute Gasteiger partial charge is 0.242 e. The van der Waals surface area contributed by atoms with E-state index < -0.39 is 0 Å². The van der Waals surface area contributed by atoms with Gasteiger partial charge in [-0.05, 0) is 36.4 Å². The Morgan fingerprint density at radius 2 is 1.77 bits per heavy atom. The van der Waals surface area contributed by atoms with Gasteiger partial charge in [0, 0.05) is 37.4 Å². The molecule has 4 aromatic rings. The Morgan fingerprint density at radius 1 is 1.03 bits per heavy atom. The molecule has 0 saturated carbocycles. The standard InChI is InChI=1S/C22H21FN6OS/c23-17-8-6-16(7-9-17)19-15-29-22(25-19)31-21(26-29)24-14-20(30)28-12-10-27(11-13-28)18-4-2-1-3-5-18/h1-9,15H,10-14H2,(H,24,26). The van der Waals surface area contributed by atoms with Gasteiger partial charge in [0.15, 0.2) is 0 Å². The second kappa shape index (κ2) is 8.35. The summed E-state index contributed by atoms with van der Waals surface area (Å²) in [5.41, 5.74) is 2.76. The molecule has 7 nitrogen and oxygen atoms in total. The summed E-state index contributed by atoms with van der Waals surface area (Å²) in [6.07, 6.45) is 1.80. The molecular weight excluding hydrogens is 415 g/mol. The third-order valence-corrected chi connectivity index (χ3v) is 6.21. The first-order valence-electron chi connectivity index (χ1n) is 10.1. The average molecular weight is 437 g/mol. The fourth-order valence-corrected chi connectivity index (χ4v) is 4.42. The number of aromatic nitrogens is 3. The number of benzene rings is 2. The number of fused-ring (bicyclic) bond motifs is 1. The van der Waals surface area contributed by atoms with E-state index in [1.807, 2.05) is 23.1 Å². The van der Waals surface area contributed by atoms with E-state index in [2.05, 4.69) is 32.4 Å². The van der Waals surface area contributed by atoms with Crippen LogP contribution in [0.2, 0.25) is 0 Å². The van der Waals surface area contributed by atoms with Crippen molar-refractivity contribution in [1.29, 1.82) is 0 Å². The van der Waals surface area contributed by atoms with E-state index in [-0.39, 0.29) is 18.3 Å². The number of hydrogen-bond donors (Lipinski definition) is 1. The molecule has 5 rings (SSSR count). The molecule has 2 aromatic carbocycles. The van der Waals surface area contributed by atoms with E-state index in [1.165, 1.54) is 29.2 Å². The maximum atomic E-state index is 13.1. The first-order valence-corrected chi connectivity index (χ1v) is 10.9. The predicted molar refractivity (Wildman–Crippen MR) is 120 cm³/mol. The highest BCUT2D eigenvalue weighted by Crippen LogP contribution is 2.24. The topological polar surface area (TPSA) is 65.8 Å². The molecule has 1 saturated heterocycles. The average Bonchev–Trinajstić information content (AvgIpc) is 3.38. The Hall–Kier alpha value is -3.46. The van der Waals surface area contributed by atoms with E-state index in [0.29, 0.717) is 23.2 Å². The highest BCUT2D eigenvalue weighted by atomic mass is 32.1. The van der Waals surface area contributed by atoms with Crippen molar-refractivity contribution in [2.75, 3.05) is 42.9 Å². The van der Waals surface area contributed by atoms with E-state index in [0.717, 1.165) is 24.3 Å². The van der Waals surface area contributed by atoms with Gasteiger partial charge in [-0.2, -0.15) is 0 Å². The summed E-state index contributed by atoms with van der Waals surface area (Å²) in [7, 11) is 0. The molecular formula is C22H21FN6OS. The number of imidazole rings is 1. The number of nitrogens with one attached hydrogen (secondary N) is 1. The summed E-state index contributed by atoms with van der Waals surface area (Å²) in [6, 6.07) is 16.5. The minimum absolute atomic E-state index is 0.0625. The van der Waals surface area contributed by atoms with Crippen LogP contribution in [-0.2, 0) is 4.79 Å². The Kier molecular flexibility index (Phi) is 5.25. The maximum absolute atomic E-state index is 13.1. The third-order valence-electron chi connectivity index (χ3n) is 5.33. The lowest BCUT2D eigenvalue weighted by atomic mass is 10.2. The van der Waals surface area contributed by atoms with Crippen LogP contribution >= 0.6 is 11.3 Å². The molecule has 2 aromatic heterocycles. The summed E-state index contributed by atoms with van der Waals surface area (Å²) >= 11 is 1.38. The fourth-order valence-electron chi connectivity index (χ4n) is 3.65. The molecule has 1 amide bonds. The van der Waals surface area contributed by atoms with Gasteiger partial charge in [0.1, 0.15) is 5.82 Å². The van der Waals surface area contributed by atoms with Crippen molar-refractivity contribution < 1.29 is 9.18 Å². The van der Waals surface area contributed by atoms with Gasteiger partial charge in [-0.3, -0.25) is 4.79 Å². The number of halogens is 1. The van der Waals surface area contributed by atoms with E-state index >= 15 is 0 Å². The molecule has 1 fully saturated rings. The monoisotopic (exact) mass is 436 g/mol. The van der Waals surface area contributed by atoms with Gasteiger partial charge in [0.25, 0.3) is 0 Å². The van der Waals surface area contributed by atoms with E-state index in [1.54, 1.807) is 22.8 Å². The molecule has 0 spiro atoms. The molecule has 0 unspecified atom stereocenters. The van der Waals surface area contributed by atoms with Crippen LogP contribution < -0.4 is 10.2 Å². The number of rotatable bonds is 5. The Bertz CT molecular complexity index is 1150. The van der Waals surface area contributed by atoms with Gasteiger partial charge in [-0.25, -0.2) is 13.9 Å². The van der Waals surface area contributed by atoms with Crippen molar-refractivity contribution in [1.82, 2.24) is 19.5 Å². The normalized spacial score (nSPS) is 14.2. The molecule has 0 aliphatic carbocycles. The van der Waals surface area contributed by atoms with Crippen LogP contribution in [0.3, 0.4) is 0 Å². The number of para-hydroxylation sites is 1. The number of carbonyl (C=O) groups is 1. The highest BCUT2D eigenvalue weighted by Gasteiger charge is 2.21. The van der Waals surface area contributed by atoms with Crippen LogP contribution in [-0.4, -0.2) is 58.1 Å². The van der Waals surface area contributed by atoms with Crippen LogP contribution in [0.1, 0.15) is 0 Å². The lowest BCUT2D eigenvalue weighted by Crippen LogP contribution is -2.50. The van der Waals surface area contributed by atoms with Crippen LogP contribution in [0, 0.1) is 5.82 Å². The lowest BCUT2D eigenvalue weighted by molar-refractivity contribution is -0.129. The number of anilines is 2. The molecule has 0 bridgehead atoms. The molecule has 0 atom stereocenters. The molecule has 31 heavy (non-hydrogen) atoms. The second-order valence-corrected chi connectivity index (χ2v) is 8.28. The summed E-state index contributed by atoms with van der Waals surface area (Å²) < 4.78 is 14.8.